The van der Waals surface area contributed by atoms with Crippen LogP contribution in [0.3, 0.4) is 0 Å². The predicted molar refractivity (Wildman–Crippen MR) is 170 cm³/mol. The summed E-state index contributed by atoms with van der Waals surface area (Å²) in [5.41, 5.74) is 1.09. The number of phenolic OH excluding ortho intramolecular Hbond substituents is 1. The summed E-state index contributed by atoms with van der Waals surface area (Å²) < 4.78 is 39.9. The minimum absolute atomic E-state index is 0.0111. The third-order valence-electron chi connectivity index (χ3n) is 7.69. The molecule has 0 atom stereocenters. The first kappa shape index (κ1) is 30.7. The van der Waals surface area contributed by atoms with E-state index >= 15 is 0 Å². The first-order chi connectivity index (χ1) is 21.3. The number of fused-ring (bicyclic) bond motifs is 2. The van der Waals surface area contributed by atoms with Gasteiger partial charge in [-0.25, -0.2) is 17.2 Å². The number of piperazine rings is 1. The molecule has 0 unspecified atom stereocenters. The van der Waals surface area contributed by atoms with E-state index in [2.05, 4.69) is 4.90 Å². The fourth-order valence-corrected chi connectivity index (χ4v) is 6.94. The normalized spacial score (nSPS) is 16.7. The zero-order valence-electron chi connectivity index (χ0n) is 25.0. The molecule has 6 rings (SSSR count). The van der Waals surface area contributed by atoms with Crippen molar-refractivity contribution in [1.82, 2.24) is 13.8 Å². The van der Waals surface area contributed by atoms with E-state index in [1.807, 2.05) is 20.8 Å². The molecule has 2 aliphatic heterocycles. The van der Waals surface area contributed by atoms with Crippen molar-refractivity contribution >= 4 is 50.5 Å². The lowest BCUT2D eigenvalue weighted by Crippen LogP contribution is -2.49. The lowest BCUT2D eigenvalue weighted by Gasteiger charge is -2.35. The van der Waals surface area contributed by atoms with E-state index in [1.54, 1.807) is 29.2 Å². The maximum absolute atomic E-state index is 13.6. The molecule has 1 N–H and O–H groups in total. The van der Waals surface area contributed by atoms with Crippen LogP contribution < -0.4 is 4.74 Å². The van der Waals surface area contributed by atoms with E-state index in [-0.39, 0.29) is 34.0 Å². The Kier molecular flexibility index (Phi) is 7.88. The second-order valence-electron chi connectivity index (χ2n) is 12.0. The van der Waals surface area contributed by atoms with Gasteiger partial charge in [0.25, 0.3) is 10.0 Å². The molecule has 234 valence electrons. The van der Waals surface area contributed by atoms with Gasteiger partial charge in [0.15, 0.2) is 5.76 Å². The van der Waals surface area contributed by atoms with Crippen molar-refractivity contribution in [3.05, 3.63) is 94.3 Å². The van der Waals surface area contributed by atoms with Gasteiger partial charge in [0.05, 0.1) is 21.5 Å². The molecule has 10 nitrogen and oxygen atoms in total. The quantitative estimate of drug-likeness (QED) is 0.265. The van der Waals surface area contributed by atoms with Gasteiger partial charge in [0.2, 0.25) is 5.78 Å². The number of hydrogen-bond donors (Lipinski definition) is 1. The highest BCUT2D eigenvalue weighted by molar-refractivity contribution is 7.90. The molecule has 3 heterocycles. The minimum Gasteiger partial charge on any atom is -0.507 e. The minimum atomic E-state index is -3.98. The van der Waals surface area contributed by atoms with Crippen molar-refractivity contribution in [3.63, 3.8) is 0 Å². The van der Waals surface area contributed by atoms with Gasteiger partial charge in [0.1, 0.15) is 17.1 Å². The molecule has 3 aromatic carbocycles. The van der Waals surface area contributed by atoms with Gasteiger partial charge in [-0.3, -0.25) is 9.69 Å². The Balaban J connectivity index is 1.27. The highest BCUT2D eigenvalue weighted by atomic mass is 35.5. The summed E-state index contributed by atoms with van der Waals surface area (Å²) >= 11 is 5.97. The third-order valence-corrected chi connectivity index (χ3v) is 9.63. The number of allylic oxidation sites excluding steroid dienone is 1. The molecule has 0 aliphatic carbocycles. The van der Waals surface area contributed by atoms with Crippen LogP contribution in [0.15, 0.2) is 77.5 Å². The largest absolute Gasteiger partial charge is 0.507 e. The Morgan fingerprint density at radius 2 is 1.71 bits per heavy atom. The number of carbonyl (C=O) groups excluding carboxylic acids is 2. The summed E-state index contributed by atoms with van der Waals surface area (Å²) in [6, 6.07) is 15.9. The highest BCUT2D eigenvalue weighted by Crippen LogP contribution is 2.41. The number of phenols is 1. The lowest BCUT2D eigenvalue weighted by molar-refractivity contribution is 0.0137. The van der Waals surface area contributed by atoms with Crippen LogP contribution in [-0.2, 0) is 21.3 Å². The maximum Gasteiger partial charge on any atom is 0.410 e. The monoisotopic (exact) mass is 649 g/mol. The van der Waals surface area contributed by atoms with E-state index in [1.165, 1.54) is 52.6 Å². The summed E-state index contributed by atoms with van der Waals surface area (Å²) in [4.78, 5) is 29.8. The molecule has 0 saturated carbocycles. The molecule has 45 heavy (non-hydrogen) atoms. The van der Waals surface area contributed by atoms with Gasteiger partial charge in [-0.15, -0.1) is 0 Å². The maximum atomic E-state index is 13.6. The number of Topliss-reactive ketones (excluding diaryl/α,β-unsaturated/α-hetero) is 1. The van der Waals surface area contributed by atoms with Crippen molar-refractivity contribution < 1.29 is 32.6 Å². The van der Waals surface area contributed by atoms with E-state index in [0.717, 1.165) is 0 Å². The highest BCUT2D eigenvalue weighted by Gasteiger charge is 2.33. The molecule has 0 radical (unpaired) electrons. The van der Waals surface area contributed by atoms with Gasteiger partial charge in [-0.2, -0.15) is 0 Å². The van der Waals surface area contributed by atoms with E-state index in [0.29, 0.717) is 65.3 Å². The Labute approximate surface area is 266 Å². The first-order valence-corrected chi connectivity index (χ1v) is 16.2. The van der Waals surface area contributed by atoms with Crippen molar-refractivity contribution in [1.29, 1.82) is 0 Å². The number of hydrogen-bond acceptors (Lipinski definition) is 8. The number of rotatable bonds is 5. The average Bonchev–Trinajstić information content (AvgIpc) is 3.52. The molecular formula is C33H32ClN3O7S. The molecule has 0 bridgehead atoms. The van der Waals surface area contributed by atoms with Crippen LogP contribution in [0.4, 0.5) is 4.79 Å². The summed E-state index contributed by atoms with van der Waals surface area (Å²) in [7, 11) is -3.98. The Bertz CT molecular complexity index is 1950. The van der Waals surface area contributed by atoms with Crippen LogP contribution in [-0.4, -0.2) is 71.0 Å². The molecule has 4 aromatic rings. The van der Waals surface area contributed by atoms with Crippen LogP contribution in [0.25, 0.3) is 17.0 Å². The second kappa shape index (κ2) is 11.6. The standard InChI is InChI=1S/C33H32ClN3O7S/c1-33(2,3)44-32(40)36-16-14-35(15-17-36)20-26-28(38)13-12-25-30(39)29(43-31(25)26)18-21-19-37(27-7-5-4-6-24(21)27)45(41,42)23-10-8-22(34)9-11-23/h4-13,18-19,38H,14-17,20H2,1-3H3/b29-18-. The van der Waals surface area contributed by atoms with Crippen LogP contribution in [0.5, 0.6) is 11.5 Å². The predicted octanol–water partition coefficient (Wildman–Crippen LogP) is 5.91. The molecule has 1 aromatic heterocycles. The van der Waals surface area contributed by atoms with Crippen molar-refractivity contribution in [2.75, 3.05) is 26.2 Å². The molecular weight excluding hydrogens is 618 g/mol. The number of ether oxygens (including phenoxy) is 2. The second-order valence-corrected chi connectivity index (χ2v) is 14.2. The van der Waals surface area contributed by atoms with Crippen LogP contribution in [0.2, 0.25) is 5.02 Å². The molecule has 1 saturated heterocycles. The Morgan fingerprint density at radius 3 is 2.40 bits per heavy atom. The van der Waals surface area contributed by atoms with Crippen molar-refractivity contribution in [2.24, 2.45) is 0 Å². The van der Waals surface area contributed by atoms with Gasteiger partial charge < -0.3 is 19.5 Å². The number of para-hydroxylation sites is 1. The van der Waals surface area contributed by atoms with Gasteiger partial charge in [-0.1, -0.05) is 29.8 Å². The summed E-state index contributed by atoms with van der Waals surface area (Å²) in [5, 5.41) is 11.8. The Morgan fingerprint density at radius 1 is 1.02 bits per heavy atom. The first-order valence-electron chi connectivity index (χ1n) is 14.4. The number of benzene rings is 3. The van der Waals surface area contributed by atoms with Crippen molar-refractivity contribution in [2.45, 2.75) is 37.8 Å². The van der Waals surface area contributed by atoms with Gasteiger partial charge >= 0.3 is 6.09 Å². The molecule has 1 fully saturated rings. The molecule has 2 aliphatic rings. The SMILES string of the molecule is CC(C)(C)OC(=O)N1CCN(Cc2c(O)ccc3c2O/C(=C\c2cn(S(=O)(=O)c4ccc(Cl)cc4)c4ccccc24)C3=O)CC1. The molecule has 12 heteroatoms. The fraction of sp³-hybridized carbons (Fsp3) is 0.273. The van der Waals surface area contributed by atoms with Crippen LogP contribution in [0.1, 0.15) is 42.3 Å². The van der Waals surface area contributed by atoms with Crippen LogP contribution >= 0.6 is 11.6 Å². The average molecular weight is 650 g/mol. The topological polar surface area (TPSA) is 118 Å². The number of aromatic nitrogens is 1. The van der Waals surface area contributed by atoms with E-state index in [9.17, 15) is 23.1 Å². The number of ketones is 1. The smallest absolute Gasteiger partial charge is 0.410 e. The summed E-state index contributed by atoms with van der Waals surface area (Å²) in [6.07, 6.45) is 2.62. The fourth-order valence-electron chi connectivity index (χ4n) is 5.44. The molecule has 0 spiro atoms. The molecule has 1 amide bonds. The van der Waals surface area contributed by atoms with E-state index < -0.39 is 15.6 Å². The zero-order chi connectivity index (χ0) is 32.1. The summed E-state index contributed by atoms with van der Waals surface area (Å²) in [5.74, 6) is -0.113. The number of aromatic hydroxyl groups is 1. The lowest BCUT2D eigenvalue weighted by atomic mass is 10.0. The van der Waals surface area contributed by atoms with E-state index in [4.69, 9.17) is 21.1 Å². The van der Waals surface area contributed by atoms with Crippen LogP contribution in [0, 0.1) is 0 Å². The summed E-state index contributed by atoms with van der Waals surface area (Å²) in [6.45, 7) is 7.77. The number of nitrogens with zero attached hydrogens (tertiary/aromatic N) is 3. The van der Waals surface area contributed by atoms with Crippen molar-refractivity contribution in [3.8, 4) is 11.5 Å². The number of halogens is 1. The Hall–Kier alpha value is -4.32. The van der Waals surface area contributed by atoms with Gasteiger partial charge in [0, 0.05) is 54.9 Å². The number of carbonyl (C=O) groups is 2. The third kappa shape index (κ3) is 6.03. The zero-order valence-corrected chi connectivity index (χ0v) is 26.6. The number of amides is 1. The van der Waals surface area contributed by atoms with Gasteiger partial charge in [-0.05, 0) is 69.3 Å².